The molecule has 0 saturated heterocycles. The summed E-state index contributed by atoms with van der Waals surface area (Å²) in [4.78, 5) is 7.90. The van der Waals surface area contributed by atoms with Crippen LogP contribution < -0.4 is 0 Å². The second-order valence-electron chi connectivity index (χ2n) is 3.00. The molecule has 1 aromatic carbocycles. The molecule has 0 unspecified atom stereocenters. The Morgan fingerprint density at radius 1 is 1.47 bits per heavy atom. The van der Waals surface area contributed by atoms with E-state index in [0.717, 1.165) is 20.2 Å². The van der Waals surface area contributed by atoms with Gasteiger partial charge in [-0.3, -0.25) is 9.98 Å². The molecule has 2 aromatic rings. The van der Waals surface area contributed by atoms with Gasteiger partial charge in [0.25, 0.3) is 0 Å². The zero-order chi connectivity index (χ0) is 10.8. The molecule has 0 saturated carbocycles. The molecule has 0 atom stereocenters. The van der Waals surface area contributed by atoms with Crippen LogP contribution in [-0.4, -0.2) is 20.0 Å². The highest BCUT2D eigenvalue weighted by Crippen LogP contribution is 2.32. The standard InChI is InChI=1S/C11H9IN2O/c1-13-6-10-11(14-2)8-5-7(12)3-4-9(8)15-10/h3-6H,2H2,1H3/b13-6-. The van der Waals surface area contributed by atoms with E-state index in [-0.39, 0.29) is 0 Å². The Balaban J connectivity index is 2.79. The summed E-state index contributed by atoms with van der Waals surface area (Å²) in [6, 6.07) is 5.95. The first-order chi connectivity index (χ1) is 7.26. The third-order valence-electron chi connectivity index (χ3n) is 2.05. The molecule has 0 radical (unpaired) electrons. The molecule has 0 N–H and O–H groups in total. The summed E-state index contributed by atoms with van der Waals surface area (Å²) in [5, 5.41) is 0.979. The van der Waals surface area contributed by atoms with Crippen molar-refractivity contribution in [2.75, 3.05) is 7.05 Å². The van der Waals surface area contributed by atoms with Gasteiger partial charge >= 0.3 is 0 Å². The van der Waals surface area contributed by atoms with Crippen LogP contribution in [-0.2, 0) is 0 Å². The molecule has 0 bridgehead atoms. The van der Waals surface area contributed by atoms with Gasteiger partial charge in [0.1, 0.15) is 11.3 Å². The van der Waals surface area contributed by atoms with Crippen molar-refractivity contribution in [2.45, 2.75) is 0 Å². The normalized spacial score (nSPS) is 11.3. The first-order valence-corrected chi connectivity index (χ1v) is 5.45. The van der Waals surface area contributed by atoms with Gasteiger partial charge in [0.05, 0.1) is 6.21 Å². The lowest BCUT2D eigenvalue weighted by Gasteiger charge is -1.90. The summed E-state index contributed by atoms with van der Waals surface area (Å²) in [6.07, 6.45) is 1.65. The monoisotopic (exact) mass is 312 g/mol. The molecule has 0 aliphatic rings. The molecular weight excluding hydrogens is 303 g/mol. The molecular formula is C11H9IN2O. The van der Waals surface area contributed by atoms with Gasteiger partial charge in [-0.15, -0.1) is 0 Å². The summed E-state index contributed by atoms with van der Waals surface area (Å²) in [5.41, 5.74) is 1.57. The van der Waals surface area contributed by atoms with E-state index in [0.29, 0.717) is 5.76 Å². The summed E-state index contributed by atoms with van der Waals surface area (Å²) >= 11 is 2.25. The molecule has 0 aliphatic heterocycles. The minimum Gasteiger partial charge on any atom is -0.453 e. The highest BCUT2D eigenvalue weighted by Gasteiger charge is 2.11. The molecule has 1 heterocycles. The van der Waals surface area contributed by atoms with Crippen LogP contribution in [0.25, 0.3) is 11.0 Å². The minimum atomic E-state index is 0.657. The van der Waals surface area contributed by atoms with Crippen molar-refractivity contribution in [1.82, 2.24) is 0 Å². The molecule has 0 fully saturated rings. The van der Waals surface area contributed by atoms with Crippen LogP contribution in [0.3, 0.4) is 0 Å². The summed E-state index contributed by atoms with van der Waals surface area (Å²) < 4.78 is 6.74. The summed E-state index contributed by atoms with van der Waals surface area (Å²) in [7, 11) is 1.70. The largest absolute Gasteiger partial charge is 0.453 e. The molecule has 2 rings (SSSR count). The fraction of sp³-hybridized carbons (Fsp3) is 0.0909. The smallest absolute Gasteiger partial charge is 0.171 e. The molecule has 4 heteroatoms. The molecule has 0 amide bonds. The van der Waals surface area contributed by atoms with Gasteiger partial charge in [-0.05, 0) is 47.5 Å². The lowest BCUT2D eigenvalue weighted by molar-refractivity contribution is 0.608. The van der Waals surface area contributed by atoms with Crippen molar-refractivity contribution in [3.63, 3.8) is 0 Å². The second kappa shape index (κ2) is 4.14. The number of furan rings is 1. The maximum atomic E-state index is 5.60. The zero-order valence-electron chi connectivity index (χ0n) is 8.20. The van der Waals surface area contributed by atoms with E-state index < -0.39 is 0 Å². The molecule has 1 aromatic heterocycles. The number of hydrogen-bond donors (Lipinski definition) is 0. The Kier molecular flexibility index (Phi) is 2.86. The van der Waals surface area contributed by atoms with E-state index in [4.69, 9.17) is 4.42 Å². The first-order valence-electron chi connectivity index (χ1n) is 4.37. The number of fused-ring (bicyclic) bond motifs is 1. The highest BCUT2D eigenvalue weighted by molar-refractivity contribution is 14.1. The fourth-order valence-corrected chi connectivity index (χ4v) is 1.93. The van der Waals surface area contributed by atoms with Crippen molar-refractivity contribution in [2.24, 2.45) is 9.98 Å². The maximum Gasteiger partial charge on any atom is 0.171 e. The second-order valence-corrected chi connectivity index (χ2v) is 4.25. The predicted octanol–water partition coefficient (Wildman–Crippen LogP) is 3.42. The van der Waals surface area contributed by atoms with E-state index in [1.165, 1.54) is 0 Å². The molecule has 3 nitrogen and oxygen atoms in total. The van der Waals surface area contributed by atoms with Crippen LogP contribution in [0.2, 0.25) is 0 Å². The van der Waals surface area contributed by atoms with Gasteiger partial charge in [-0.25, -0.2) is 0 Å². The van der Waals surface area contributed by atoms with Crippen molar-refractivity contribution in [3.05, 3.63) is 27.5 Å². The quantitative estimate of drug-likeness (QED) is 0.618. The van der Waals surface area contributed by atoms with Crippen LogP contribution in [0.1, 0.15) is 5.76 Å². The number of rotatable bonds is 2. The Hall–Kier alpha value is -1.17. The number of nitrogens with zero attached hydrogens (tertiary/aromatic N) is 2. The lowest BCUT2D eigenvalue weighted by atomic mass is 10.2. The van der Waals surface area contributed by atoms with Gasteiger partial charge < -0.3 is 4.42 Å². The third kappa shape index (κ3) is 1.81. The lowest BCUT2D eigenvalue weighted by Crippen LogP contribution is -1.74. The van der Waals surface area contributed by atoms with Crippen LogP contribution in [0.15, 0.2) is 32.6 Å². The topological polar surface area (TPSA) is 37.9 Å². The average Bonchev–Trinajstić information content (AvgIpc) is 2.55. The van der Waals surface area contributed by atoms with E-state index in [9.17, 15) is 0 Å². The molecule has 15 heavy (non-hydrogen) atoms. The Morgan fingerprint density at radius 2 is 2.27 bits per heavy atom. The number of benzene rings is 1. The van der Waals surface area contributed by atoms with Crippen molar-refractivity contribution in [1.29, 1.82) is 0 Å². The fourth-order valence-electron chi connectivity index (χ4n) is 1.44. The van der Waals surface area contributed by atoms with Gasteiger partial charge in [0, 0.05) is 16.0 Å². The minimum absolute atomic E-state index is 0.657. The zero-order valence-corrected chi connectivity index (χ0v) is 10.4. The molecule has 0 aliphatic carbocycles. The SMILES string of the molecule is C=Nc1c(/C=N\C)oc2ccc(I)cc12. The predicted molar refractivity (Wildman–Crippen MR) is 71.7 cm³/mol. The number of aliphatic imine (C=N–C) groups is 2. The van der Waals surface area contributed by atoms with Gasteiger partial charge in [0.2, 0.25) is 0 Å². The molecule has 76 valence electrons. The van der Waals surface area contributed by atoms with Gasteiger partial charge in [0.15, 0.2) is 5.76 Å². The number of hydrogen-bond acceptors (Lipinski definition) is 3. The molecule has 0 spiro atoms. The van der Waals surface area contributed by atoms with Gasteiger partial charge in [-0.1, -0.05) is 0 Å². The van der Waals surface area contributed by atoms with Crippen LogP contribution >= 0.6 is 22.6 Å². The average molecular weight is 312 g/mol. The third-order valence-corrected chi connectivity index (χ3v) is 2.73. The van der Waals surface area contributed by atoms with Crippen molar-refractivity contribution in [3.8, 4) is 0 Å². The summed E-state index contributed by atoms with van der Waals surface area (Å²) in [6.45, 7) is 3.55. The van der Waals surface area contributed by atoms with Crippen LogP contribution in [0, 0.1) is 3.57 Å². The van der Waals surface area contributed by atoms with E-state index in [1.807, 2.05) is 18.2 Å². The summed E-state index contributed by atoms with van der Waals surface area (Å²) in [5.74, 6) is 0.657. The maximum absolute atomic E-state index is 5.60. The first kappa shape index (κ1) is 10.4. The highest BCUT2D eigenvalue weighted by atomic mass is 127. The van der Waals surface area contributed by atoms with Crippen molar-refractivity contribution >= 4 is 52.2 Å². The Bertz CT molecular complexity index is 543. The van der Waals surface area contributed by atoms with E-state index in [1.54, 1.807) is 13.3 Å². The number of halogens is 1. The van der Waals surface area contributed by atoms with Crippen LogP contribution in [0.5, 0.6) is 0 Å². The van der Waals surface area contributed by atoms with E-state index in [2.05, 4.69) is 39.3 Å². The van der Waals surface area contributed by atoms with E-state index >= 15 is 0 Å². The Morgan fingerprint density at radius 3 is 2.93 bits per heavy atom. The Labute approximate surface area is 101 Å². The van der Waals surface area contributed by atoms with Crippen LogP contribution in [0.4, 0.5) is 5.69 Å². The van der Waals surface area contributed by atoms with Crippen molar-refractivity contribution < 1.29 is 4.42 Å². The van der Waals surface area contributed by atoms with Gasteiger partial charge in [-0.2, -0.15) is 0 Å².